The number of nitrogens with zero attached hydrogens (tertiary/aromatic N) is 2. The molecular weight excluding hydrogens is 288 g/mol. The second-order valence-corrected chi connectivity index (χ2v) is 4.92. The van der Waals surface area contributed by atoms with Gasteiger partial charge in [-0.1, -0.05) is 36.4 Å². The SMILES string of the molecule is COc1ccccc1/C=C/c1ccc(=O)n(-c2ccccc2)n1. The highest BCUT2D eigenvalue weighted by Crippen LogP contribution is 2.19. The van der Waals surface area contributed by atoms with E-state index in [-0.39, 0.29) is 5.56 Å². The van der Waals surface area contributed by atoms with Crippen molar-refractivity contribution in [2.24, 2.45) is 0 Å². The van der Waals surface area contributed by atoms with E-state index in [1.165, 1.54) is 10.7 Å². The number of hydrogen-bond acceptors (Lipinski definition) is 3. The van der Waals surface area contributed by atoms with Crippen molar-refractivity contribution in [1.29, 1.82) is 0 Å². The Morgan fingerprint density at radius 2 is 1.65 bits per heavy atom. The zero-order chi connectivity index (χ0) is 16.1. The number of methoxy groups -OCH3 is 1. The predicted molar refractivity (Wildman–Crippen MR) is 91.8 cm³/mol. The van der Waals surface area contributed by atoms with E-state index in [9.17, 15) is 4.79 Å². The first kappa shape index (κ1) is 14.8. The smallest absolute Gasteiger partial charge is 0.271 e. The molecule has 0 fully saturated rings. The Kier molecular flexibility index (Phi) is 4.34. The molecule has 0 atom stereocenters. The van der Waals surface area contributed by atoms with Crippen LogP contribution in [0.2, 0.25) is 0 Å². The number of aromatic nitrogens is 2. The van der Waals surface area contributed by atoms with Crippen LogP contribution in [0.3, 0.4) is 0 Å². The third-order valence-electron chi connectivity index (χ3n) is 3.39. The van der Waals surface area contributed by atoms with E-state index in [0.717, 1.165) is 17.0 Å². The molecule has 1 aromatic heterocycles. The minimum absolute atomic E-state index is 0.161. The Bertz CT molecular complexity index is 883. The maximum atomic E-state index is 12.0. The minimum Gasteiger partial charge on any atom is -0.496 e. The van der Waals surface area contributed by atoms with Crippen molar-refractivity contribution in [3.63, 3.8) is 0 Å². The molecule has 3 aromatic rings. The van der Waals surface area contributed by atoms with Gasteiger partial charge >= 0.3 is 0 Å². The summed E-state index contributed by atoms with van der Waals surface area (Å²) in [6.45, 7) is 0. The van der Waals surface area contributed by atoms with E-state index in [1.807, 2.05) is 66.7 Å². The van der Waals surface area contributed by atoms with Crippen LogP contribution >= 0.6 is 0 Å². The Hall–Kier alpha value is -3.14. The van der Waals surface area contributed by atoms with Gasteiger partial charge in [0.1, 0.15) is 5.75 Å². The topological polar surface area (TPSA) is 44.1 Å². The first-order chi connectivity index (χ1) is 11.3. The first-order valence-electron chi connectivity index (χ1n) is 7.25. The Morgan fingerprint density at radius 1 is 0.913 bits per heavy atom. The van der Waals surface area contributed by atoms with Gasteiger partial charge in [-0.2, -0.15) is 9.78 Å². The number of rotatable bonds is 4. The summed E-state index contributed by atoms with van der Waals surface area (Å²) in [4.78, 5) is 12.0. The molecule has 0 saturated carbocycles. The standard InChI is InChI=1S/C19H16N2O2/c1-23-18-10-6-5-7-15(18)11-12-16-13-14-19(22)21(20-16)17-8-3-2-4-9-17/h2-14H,1H3/b12-11+. The molecule has 0 N–H and O–H groups in total. The van der Waals surface area contributed by atoms with Gasteiger partial charge in [-0.15, -0.1) is 0 Å². The molecule has 4 nitrogen and oxygen atoms in total. The van der Waals surface area contributed by atoms with Crippen molar-refractivity contribution in [3.05, 3.63) is 88.3 Å². The van der Waals surface area contributed by atoms with Gasteiger partial charge < -0.3 is 4.74 Å². The molecule has 0 aliphatic rings. The fourth-order valence-corrected chi connectivity index (χ4v) is 2.25. The van der Waals surface area contributed by atoms with E-state index >= 15 is 0 Å². The normalized spacial score (nSPS) is 10.8. The Balaban J connectivity index is 1.96. The van der Waals surface area contributed by atoms with E-state index in [4.69, 9.17) is 4.74 Å². The summed E-state index contributed by atoms with van der Waals surface area (Å²) in [5.41, 5.74) is 2.23. The van der Waals surface area contributed by atoms with E-state index in [1.54, 1.807) is 13.2 Å². The van der Waals surface area contributed by atoms with Crippen molar-refractivity contribution in [2.75, 3.05) is 7.11 Å². The molecule has 0 radical (unpaired) electrons. The third-order valence-corrected chi connectivity index (χ3v) is 3.39. The molecule has 4 heteroatoms. The van der Waals surface area contributed by atoms with Crippen LogP contribution < -0.4 is 10.3 Å². The molecule has 0 bridgehead atoms. The lowest BCUT2D eigenvalue weighted by atomic mass is 10.2. The van der Waals surface area contributed by atoms with Crippen LogP contribution in [-0.2, 0) is 0 Å². The summed E-state index contributed by atoms with van der Waals surface area (Å²) in [6.07, 6.45) is 3.78. The Labute approximate surface area is 134 Å². The zero-order valence-electron chi connectivity index (χ0n) is 12.7. The quantitative estimate of drug-likeness (QED) is 0.742. The largest absolute Gasteiger partial charge is 0.496 e. The van der Waals surface area contributed by atoms with Crippen molar-refractivity contribution in [3.8, 4) is 11.4 Å². The van der Waals surface area contributed by atoms with Crippen LogP contribution in [0.15, 0.2) is 71.5 Å². The molecule has 0 saturated heterocycles. The van der Waals surface area contributed by atoms with Crippen molar-refractivity contribution >= 4 is 12.2 Å². The molecular formula is C19H16N2O2. The van der Waals surface area contributed by atoms with E-state index < -0.39 is 0 Å². The second-order valence-electron chi connectivity index (χ2n) is 4.92. The molecule has 0 aliphatic carbocycles. The van der Waals surface area contributed by atoms with Crippen LogP contribution in [0.25, 0.3) is 17.8 Å². The van der Waals surface area contributed by atoms with Gasteiger partial charge in [0.2, 0.25) is 0 Å². The highest BCUT2D eigenvalue weighted by Gasteiger charge is 2.02. The fraction of sp³-hybridized carbons (Fsp3) is 0.0526. The summed E-state index contributed by atoms with van der Waals surface area (Å²) < 4.78 is 6.71. The van der Waals surface area contributed by atoms with Crippen molar-refractivity contribution in [2.45, 2.75) is 0 Å². The van der Waals surface area contributed by atoms with Crippen molar-refractivity contribution in [1.82, 2.24) is 9.78 Å². The van der Waals surface area contributed by atoms with Gasteiger partial charge in [0.25, 0.3) is 5.56 Å². The highest BCUT2D eigenvalue weighted by molar-refractivity contribution is 5.71. The van der Waals surface area contributed by atoms with Gasteiger partial charge in [-0.3, -0.25) is 4.79 Å². The third kappa shape index (κ3) is 3.37. The average Bonchev–Trinajstić information content (AvgIpc) is 2.62. The lowest BCUT2D eigenvalue weighted by Gasteiger charge is -2.05. The van der Waals surface area contributed by atoms with Gasteiger partial charge in [-0.05, 0) is 36.4 Å². The van der Waals surface area contributed by atoms with Crippen LogP contribution in [0.4, 0.5) is 0 Å². The molecule has 0 amide bonds. The van der Waals surface area contributed by atoms with Gasteiger partial charge in [0.05, 0.1) is 18.5 Å². The van der Waals surface area contributed by atoms with Crippen LogP contribution in [-0.4, -0.2) is 16.9 Å². The second kappa shape index (κ2) is 6.75. The molecule has 1 heterocycles. The molecule has 0 spiro atoms. The maximum Gasteiger partial charge on any atom is 0.271 e. The van der Waals surface area contributed by atoms with E-state index in [0.29, 0.717) is 5.69 Å². The lowest BCUT2D eigenvalue weighted by molar-refractivity contribution is 0.414. The number of ether oxygens (including phenoxy) is 1. The number of benzene rings is 2. The summed E-state index contributed by atoms with van der Waals surface area (Å²) in [6, 6.07) is 20.3. The average molecular weight is 304 g/mol. The molecule has 2 aromatic carbocycles. The predicted octanol–water partition coefficient (Wildman–Crippen LogP) is 3.41. The van der Waals surface area contributed by atoms with Crippen molar-refractivity contribution < 1.29 is 4.74 Å². The van der Waals surface area contributed by atoms with E-state index in [2.05, 4.69) is 5.10 Å². The summed E-state index contributed by atoms with van der Waals surface area (Å²) in [5, 5.41) is 4.39. The maximum absolute atomic E-state index is 12.0. The molecule has 23 heavy (non-hydrogen) atoms. The van der Waals surface area contributed by atoms with Gasteiger partial charge in [0.15, 0.2) is 0 Å². The summed E-state index contributed by atoms with van der Waals surface area (Å²) in [7, 11) is 1.64. The zero-order valence-corrected chi connectivity index (χ0v) is 12.7. The number of para-hydroxylation sites is 2. The fourth-order valence-electron chi connectivity index (χ4n) is 2.25. The molecule has 114 valence electrons. The first-order valence-corrected chi connectivity index (χ1v) is 7.25. The molecule has 0 aliphatic heterocycles. The monoisotopic (exact) mass is 304 g/mol. The minimum atomic E-state index is -0.161. The van der Waals surface area contributed by atoms with Gasteiger partial charge in [-0.25, -0.2) is 0 Å². The number of hydrogen-bond donors (Lipinski definition) is 0. The Morgan fingerprint density at radius 3 is 2.43 bits per heavy atom. The molecule has 0 unspecified atom stereocenters. The summed E-state index contributed by atoms with van der Waals surface area (Å²) in [5.74, 6) is 0.792. The lowest BCUT2D eigenvalue weighted by Crippen LogP contribution is -2.20. The van der Waals surface area contributed by atoms with Gasteiger partial charge in [0, 0.05) is 11.6 Å². The van der Waals surface area contributed by atoms with Crippen LogP contribution in [0.5, 0.6) is 5.75 Å². The molecule has 3 rings (SSSR count). The summed E-state index contributed by atoms with van der Waals surface area (Å²) >= 11 is 0. The van der Waals surface area contributed by atoms with Crippen LogP contribution in [0, 0.1) is 0 Å². The van der Waals surface area contributed by atoms with Crippen LogP contribution in [0.1, 0.15) is 11.3 Å². The highest BCUT2D eigenvalue weighted by atomic mass is 16.5.